The van der Waals surface area contributed by atoms with Gasteiger partial charge in [0.15, 0.2) is 0 Å². The molecule has 3 rings (SSSR count). The lowest BCUT2D eigenvalue weighted by molar-refractivity contribution is -0.135. The molecule has 0 atom stereocenters. The van der Waals surface area contributed by atoms with Crippen molar-refractivity contribution in [3.05, 3.63) is 59.7 Å². The van der Waals surface area contributed by atoms with Crippen molar-refractivity contribution in [2.24, 2.45) is 0 Å². The maximum Gasteiger partial charge on any atom is 0.300 e. The van der Waals surface area contributed by atoms with Crippen molar-refractivity contribution in [2.45, 2.75) is 20.8 Å². The topological polar surface area (TPSA) is 210 Å². The molecule has 12 heteroatoms. The molecular weight excluding hydrogens is 502 g/mol. The smallest absolute Gasteiger partial charge is 0.300 e. The van der Waals surface area contributed by atoms with Crippen LogP contribution in [0.5, 0.6) is 0 Å². The number of Topliss-reactive ketones (excluding diaryl/α,β-unsaturated/α-hetero) is 2. The molecule has 38 heavy (non-hydrogen) atoms. The van der Waals surface area contributed by atoms with E-state index in [1.807, 2.05) is 24.3 Å². The number of aliphatic hydroxyl groups is 3. The number of aliphatic hydroxyl groups excluding tert-OH is 3. The highest BCUT2D eigenvalue weighted by Crippen LogP contribution is 2.32. The van der Waals surface area contributed by atoms with Crippen molar-refractivity contribution in [2.75, 3.05) is 39.5 Å². The van der Waals surface area contributed by atoms with E-state index in [1.165, 1.54) is 0 Å². The summed E-state index contributed by atoms with van der Waals surface area (Å²) < 4.78 is 0. The van der Waals surface area contributed by atoms with Crippen LogP contribution in [0, 0.1) is 0 Å². The second kappa shape index (κ2) is 21.1. The molecule has 0 bridgehead atoms. The monoisotopic (exact) mass is 537 g/mol. The van der Waals surface area contributed by atoms with Crippen molar-refractivity contribution < 1.29 is 54.6 Å². The normalized spacial score (nSPS) is 10.4. The molecule has 0 unspecified atom stereocenters. The lowest BCUT2D eigenvalue weighted by Crippen LogP contribution is -2.32. The molecule has 12 nitrogen and oxygen atoms in total. The summed E-state index contributed by atoms with van der Waals surface area (Å²) in [7, 11) is 0. The van der Waals surface area contributed by atoms with E-state index in [1.54, 1.807) is 29.2 Å². The fourth-order valence-electron chi connectivity index (χ4n) is 2.84. The predicted octanol–water partition coefficient (Wildman–Crippen LogP) is 1.27. The number of hydrogen-bond donors (Lipinski definition) is 6. The third kappa shape index (κ3) is 16.7. The van der Waals surface area contributed by atoms with Gasteiger partial charge in [-0.3, -0.25) is 28.9 Å². The number of benzene rings is 2. The molecule has 0 aliphatic heterocycles. The van der Waals surface area contributed by atoms with Crippen LogP contribution in [0.4, 0.5) is 0 Å². The molecule has 0 aromatic heterocycles. The van der Waals surface area contributed by atoms with Crippen molar-refractivity contribution in [3.63, 3.8) is 0 Å². The van der Waals surface area contributed by atoms with E-state index in [0.717, 1.165) is 31.9 Å². The summed E-state index contributed by atoms with van der Waals surface area (Å²) in [6.07, 6.45) is 0. The minimum Gasteiger partial charge on any atom is -0.481 e. The van der Waals surface area contributed by atoms with E-state index >= 15 is 0 Å². The summed E-state index contributed by atoms with van der Waals surface area (Å²) >= 11 is 0. The van der Waals surface area contributed by atoms with Gasteiger partial charge in [-0.2, -0.15) is 0 Å². The number of carboxylic acids is 3. The van der Waals surface area contributed by atoms with E-state index in [2.05, 4.69) is 0 Å². The molecule has 1 aliphatic carbocycles. The molecule has 0 fully saturated rings. The van der Waals surface area contributed by atoms with E-state index in [4.69, 9.17) is 45.0 Å². The summed E-state index contributed by atoms with van der Waals surface area (Å²) in [6, 6.07) is 14.4. The number of carboxylic acid groups (broad SMARTS) is 3. The lowest BCUT2D eigenvalue weighted by atomic mass is 9.84. The van der Waals surface area contributed by atoms with E-state index in [9.17, 15) is 9.59 Å². The van der Waals surface area contributed by atoms with E-state index in [0.29, 0.717) is 30.8 Å². The number of carbonyl (C=O) groups is 5. The Morgan fingerprint density at radius 1 is 0.553 bits per heavy atom. The molecule has 0 radical (unpaired) electrons. The Morgan fingerprint density at radius 2 is 0.763 bits per heavy atom. The highest BCUT2D eigenvalue weighted by Gasteiger charge is 2.29. The summed E-state index contributed by atoms with van der Waals surface area (Å²) in [5.41, 5.74) is 2.71. The third-order valence-corrected chi connectivity index (χ3v) is 4.09. The number of ketones is 2. The van der Waals surface area contributed by atoms with Crippen LogP contribution in [0.15, 0.2) is 48.5 Å². The molecule has 6 N–H and O–H groups in total. The number of nitrogens with zero attached hydrogens (tertiary/aromatic N) is 1. The molecular formula is C26H35NO11. The van der Waals surface area contributed by atoms with E-state index < -0.39 is 29.5 Å². The van der Waals surface area contributed by atoms with Crippen molar-refractivity contribution in [1.82, 2.24) is 4.90 Å². The first-order valence-corrected chi connectivity index (χ1v) is 11.2. The van der Waals surface area contributed by atoms with Crippen molar-refractivity contribution >= 4 is 29.5 Å². The molecule has 0 saturated heterocycles. The second-order valence-corrected chi connectivity index (χ2v) is 7.32. The van der Waals surface area contributed by atoms with Crippen LogP contribution in [0.2, 0.25) is 0 Å². The average molecular weight is 538 g/mol. The highest BCUT2D eigenvalue weighted by molar-refractivity contribution is 6.52. The first-order chi connectivity index (χ1) is 17.8. The molecule has 210 valence electrons. The average Bonchev–Trinajstić information content (AvgIpc) is 2.82. The van der Waals surface area contributed by atoms with Gasteiger partial charge >= 0.3 is 0 Å². The Bertz CT molecular complexity index is 927. The van der Waals surface area contributed by atoms with Crippen LogP contribution < -0.4 is 0 Å². The first kappa shape index (κ1) is 36.2. The molecule has 0 spiro atoms. The van der Waals surface area contributed by atoms with Gasteiger partial charge in [0.2, 0.25) is 11.6 Å². The van der Waals surface area contributed by atoms with Crippen molar-refractivity contribution in [3.8, 4) is 11.1 Å². The van der Waals surface area contributed by atoms with Gasteiger partial charge in [-0.05, 0) is 11.1 Å². The third-order valence-electron chi connectivity index (χ3n) is 4.09. The van der Waals surface area contributed by atoms with Crippen molar-refractivity contribution in [1.29, 1.82) is 0 Å². The fourth-order valence-corrected chi connectivity index (χ4v) is 2.84. The van der Waals surface area contributed by atoms with Crippen LogP contribution in [0.25, 0.3) is 11.1 Å². The number of fused-ring (bicyclic) bond motifs is 3. The highest BCUT2D eigenvalue weighted by atomic mass is 16.4. The lowest BCUT2D eigenvalue weighted by Gasteiger charge is -2.17. The fraction of sp³-hybridized carbons (Fsp3) is 0.346. The molecule has 2 aromatic rings. The summed E-state index contributed by atoms with van der Waals surface area (Å²) in [6.45, 7) is 5.00. The largest absolute Gasteiger partial charge is 0.481 e. The maximum absolute atomic E-state index is 11.8. The maximum atomic E-state index is 11.8. The molecule has 0 heterocycles. The van der Waals surface area contributed by atoms with Gasteiger partial charge in [0.25, 0.3) is 17.9 Å². The number of rotatable bonds is 6. The Hall–Kier alpha value is -3.97. The Morgan fingerprint density at radius 3 is 0.974 bits per heavy atom. The Balaban J connectivity index is 0. The van der Waals surface area contributed by atoms with Crippen LogP contribution in [-0.4, -0.2) is 104 Å². The second-order valence-electron chi connectivity index (χ2n) is 7.32. The summed E-state index contributed by atoms with van der Waals surface area (Å²) in [5.74, 6) is -3.32. The SMILES string of the molecule is CC(=O)O.CC(=O)O.CC(=O)O.O=C1C(=O)c2ccccc2-c2ccccc21.OCCN(CCO)CCO. The van der Waals surface area contributed by atoms with E-state index in [-0.39, 0.29) is 19.8 Å². The van der Waals surface area contributed by atoms with Gasteiger partial charge in [0.05, 0.1) is 19.8 Å². The minimum atomic E-state index is -0.833. The zero-order chi connectivity index (χ0) is 29.7. The molecule has 1 aliphatic rings. The minimum absolute atomic E-state index is 0.0694. The van der Waals surface area contributed by atoms with Gasteiger partial charge in [-0.15, -0.1) is 0 Å². The summed E-state index contributed by atoms with van der Waals surface area (Å²) in [5, 5.41) is 47.7. The van der Waals surface area contributed by atoms with Crippen LogP contribution in [0.3, 0.4) is 0 Å². The molecule has 0 amide bonds. The van der Waals surface area contributed by atoms with Crippen LogP contribution >= 0.6 is 0 Å². The quantitative estimate of drug-likeness (QED) is 0.288. The van der Waals surface area contributed by atoms with Gasteiger partial charge in [-0.25, -0.2) is 0 Å². The van der Waals surface area contributed by atoms with Crippen LogP contribution in [0.1, 0.15) is 41.5 Å². The zero-order valence-electron chi connectivity index (χ0n) is 21.5. The number of hydrogen-bond acceptors (Lipinski definition) is 9. The number of aliphatic carboxylic acids is 3. The Kier molecular flexibility index (Phi) is 20.1. The predicted molar refractivity (Wildman–Crippen MR) is 138 cm³/mol. The summed E-state index contributed by atoms with van der Waals surface area (Å²) in [4.78, 5) is 52.5. The Labute approximate surface area is 220 Å². The molecule has 2 aromatic carbocycles. The first-order valence-electron chi connectivity index (χ1n) is 11.2. The van der Waals surface area contributed by atoms with Crippen LogP contribution in [-0.2, 0) is 14.4 Å². The standard InChI is InChI=1S/C14H8O2.C6H15NO3.3C2H4O2/c15-13-11-7-3-1-5-9(11)10-6-2-4-8-12(10)14(13)16;8-4-1-7(2-5-9)3-6-10;3*1-2(3)4/h1-8H;8-10H,1-6H2;3*1H3,(H,3,4). The van der Waals surface area contributed by atoms with Gasteiger partial charge in [0.1, 0.15) is 0 Å². The molecule has 0 saturated carbocycles. The van der Waals surface area contributed by atoms with Gasteiger partial charge < -0.3 is 30.6 Å². The zero-order valence-corrected chi connectivity index (χ0v) is 21.5. The van der Waals surface area contributed by atoms with Gasteiger partial charge in [-0.1, -0.05) is 48.5 Å². The van der Waals surface area contributed by atoms with Gasteiger partial charge in [0, 0.05) is 51.5 Å². The number of carbonyl (C=O) groups excluding carboxylic acids is 2.